The van der Waals surface area contributed by atoms with E-state index in [1.54, 1.807) is 7.11 Å². The number of rotatable bonds is 5. The number of carboxylic acid groups (broad SMARTS) is 1. The van der Waals surface area contributed by atoms with Crippen molar-refractivity contribution < 1.29 is 19.1 Å². The predicted octanol–water partition coefficient (Wildman–Crippen LogP) is 0.820. The first-order chi connectivity index (χ1) is 6.63. The maximum Gasteiger partial charge on any atom is 0.357 e. The lowest BCUT2D eigenvalue weighted by Gasteiger charge is -2.08. The fourth-order valence-corrected chi connectivity index (χ4v) is 0.768. The molecule has 0 bridgehead atoms. The van der Waals surface area contributed by atoms with Gasteiger partial charge in [0.2, 0.25) is 0 Å². The third-order valence-corrected chi connectivity index (χ3v) is 1.67. The van der Waals surface area contributed by atoms with Gasteiger partial charge in [0, 0.05) is 13.7 Å². The number of oxazole rings is 1. The van der Waals surface area contributed by atoms with Gasteiger partial charge in [-0.25, -0.2) is 4.79 Å². The number of ether oxygens (including phenoxy) is 1. The highest BCUT2D eigenvalue weighted by atomic mass is 16.5. The normalized spacial score (nSPS) is 12.4. The molecule has 0 aromatic carbocycles. The van der Waals surface area contributed by atoms with Gasteiger partial charge in [-0.15, -0.1) is 0 Å². The highest BCUT2D eigenvalue weighted by molar-refractivity contribution is 5.85. The van der Waals surface area contributed by atoms with E-state index in [-0.39, 0.29) is 17.8 Å². The van der Waals surface area contributed by atoms with Crippen LogP contribution in [0, 0.1) is 0 Å². The van der Waals surface area contributed by atoms with Crippen molar-refractivity contribution in [2.45, 2.75) is 13.0 Å². The van der Waals surface area contributed by atoms with Crippen molar-refractivity contribution in [3.8, 4) is 0 Å². The summed E-state index contributed by atoms with van der Waals surface area (Å²) < 4.78 is 9.84. The monoisotopic (exact) mass is 200 g/mol. The number of nitrogens with one attached hydrogen (secondary N) is 1. The van der Waals surface area contributed by atoms with Crippen molar-refractivity contribution in [1.29, 1.82) is 0 Å². The van der Waals surface area contributed by atoms with Crippen LogP contribution < -0.4 is 5.32 Å². The zero-order valence-corrected chi connectivity index (χ0v) is 7.98. The van der Waals surface area contributed by atoms with Gasteiger partial charge in [0.05, 0.1) is 6.10 Å². The van der Waals surface area contributed by atoms with Gasteiger partial charge < -0.3 is 19.6 Å². The first-order valence-electron chi connectivity index (χ1n) is 4.09. The Bertz CT molecular complexity index is 310. The van der Waals surface area contributed by atoms with Gasteiger partial charge in [-0.1, -0.05) is 0 Å². The summed E-state index contributed by atoms with van der Waals surface area (Å²) in [6, 6.07) is 0.186. The molecule has 1 heterocycles. The topological polar surface area (TPSA) is 84.6 Å². The lowest BCUT2D eigenvalue weighted by molar-refractivity contribution is 0.0690. The molecule has 1 unspecified atom stereocenters. The maximum atomic E-state index is 10.4. The molecule has 78 valence electrons. The molecule has 0 saturated carbocycles. The fraction of sp³-hybridized carbons (Fsp3) is 0.500. The van der Waals surface area contributed by atoms with E-state index in [0.717, 1.165) is 6.26 Å². The minimum Gasteiger partial charge on any atom is -0.476 e. The van der Waals surface area contributed by atoms with Gasteiger partial charge in [0.1, 0.15) is 6.26 Å². The Morgan fingerprint density at radius 3 is 3.07 bits per heavy atom. The smallest absolute Gasteiger partial charge is 0.357 e. The number of carbonyl (C=O) groups is 1. The summed E-state index contributed by atoms with van der Waals surface area (Å²) in [7, 11) is 1.59. The zero-order chi connectivity index (χ0) is 10.6. The molecule has 0 saturated heterocycles. The Kier molecular flexibility index (Phi) is 3.47. The Labute approximate surface area is 80.9 Å². The van der Waals surface area contributed by atoms with E-state index < -0.39 is 5.97 Å². The van der Waals surface area contributed by atoms with Gasteiger partial charge in [-0.05, 0) is 6.92 Å². The van der Waals surface area contributed by atoms with Crippen molar-refractivity contribution in [3.63, 3.8) is 0 Å². The summed E-state index contributed by atoms with van der Waals surface area (Å²) in [6.45, 7) is 2.38. The lowest BCUT2D eigenvalue weighted by atomic mass is 10.4. The van der Waals surface area contributed by atoms with Crippen molar-refractivity contribution in [1.82, 2.24) is 4.98 Å². The third-order valence-electron chi connectivity index (χ3n) is 1.67. The van der Waals surface area contributed by atoms with E-state index in [1.807, 2.05) is 6.92 Å². The highest BCUT2D eigenvalue weighted by Crippen LogP contribution is 2.07. The molecule has 6 nitrogen and oxygen atoms in total. The first-order valence-corrected chi connectivity index (χ1v) is 4.09. The van der Waals surface area contributed by atoms with Crippen LogP contribution in [0.5, 0.6) is 0 Å². The molecule has 0 fully saturated rings. The second-order valence-corrected chi connectivity index (χ2v) is 2.77. The molecular formula is C8H12N2O4. The summed E-state index contributed by atoms with van der Waals surface area (Å²) in [5.41, 5.74) is -0.113. The summed E-state index contributed by atoms with van der Waals surface area (Å²) in [5, 5.41) is 11.4. The summed E-state index contributed by atoms with van der Waals surface area (Å²) >= 11 is 0. The second kappa shape index (κ2) is 4.61. The largest absolute Gasteiger partial charge is 0.476 e. The molecule has 0 aliphatic carbocycles. The molecule has 0 aliphatic rings. The minimum absolute atomic E-state index is 0.00942. The number of nitrogens with zero attached hydrogens (tertiary/aromatic N) is 1. The van der Waals surface area contributed by atoms with Crippen LogP contribution in [0.15, 0.2) is 10.7 Å². The minimum atomic E-state index is -1.11. The first kappa shape index (κ1) is 10.5. The van der Waals surface area contributed by atoms with Gasteiger partial charge in [0.15, 0.2) is 5.69 Å². The Morgan fingerprint density at radius 1 is 1.86 bits per heavy atom. The molecule has 0 radical (unpaired) electrons. The van der Waals surface area contributed by atoms with E-state index in [0.29, 0.717) is 6.54 Å². The molecule has 0 amide bonds. The van der Waals surface area contributed by atoms with Crippen LogP contribution in [0.2, 0.25) is 0 Å². The Hall–Kier alpha value is -1.56. The van der Waals surface area contributed by atoms with Crippen molar-refractivity contribution in [2.24, 2.45) is 0 Å². The van der Waals surface area contributed by atoms with E-state index in [4.69, 9.17) is 14.3 Å². The van der Waals surface area contributed by atoms with Crippen LogP contribution in [0.1, 0.15) is 17.4 Å². The SMILES string of the molecule is COC(C)CNc1nc(C(=O)O)co1. The summed E-state index contributed by atoms with van der Waals surface area (Å²) in [5.74, 6) is -1.11. The number of carboxylic acids is 1. The lowest BCUT2D eigenvalue weighted by Crippen LogP contribution is -2.18. The van der Waals surface area contributed by atoms with Crippen LogP contribution >= 0.6 is 0 Å². The van der Waals surface area contributed by atoms with Crippen molar-refractivity contribution >= 4 is 12.0 Å². The van der Waals surface area contributed by atoms with Crippen LogP contribution in [-0.2, 0) is 4.74 Å². The van der Waals surface area contributed by atoms with Crippen molar-refractivity contribution in [3.05, 3.63) is 12.0 Å². The van der Waals surface area contributed by atoms with E-state index in [2.05, 4.69) is 10.3 Å². The number of hydrogen-bond acceptors (Lipinski definition) is 5. The number of aromatic nitrogens is 1. The van der Waals surface area contributed by atoms with Gasteiger partial charge in [-0.2, -0.15) is 4.98 Å². The fourth-order valence-electron chi connectivity index (χ4n) is 0.768. The molecule has 2 N–H and O–H groups in total. The van der Waals surface area contributed by atoms with Crippen LogP contribution in [0.25, 0.3) is 0 Å². The number of anilines is 1. The van der Waals surface area contributed by atoms with Gasteiger partial charge in [-0.3, -0.25) is 0 Å². The summed E-state index contributed by atoms with van der Waals surface area (Å²) in [4.78, 5) is 14.1. The summed E-state index contributed by atoms with van der Waals surface area (Å²) in [6.07, 6.45) is 1.09. The zero-order valence-electron chi connectivity index (χ0n) is 7.98. The molecule has 0 spiro atoms. The molecule has 1 aromatic heterocycles. The molecule has 0 aliphatic heterocycles. The molecule has 1 atom stereocenters. The molecule has 1 rings (SSSR count). The number of aromatic carboxylic acids is 1. The number of hydrogen-bond donors (Lipinski definition) is 2. The standard InChI is InChI=1S/C8H12N2O4/c1-5(13-2)3-9-8-10-6(4-14-8)7(11)12/h4-5H,3H2,1-2H3,(H,9,10)(H,11,12). The average molecular weight is 200 g/mol. The maximum absolute atomic E-state index is 10.4. The van der Waals surface area contributed by atoms with Crippen molar-refractivity contribution in [2.75, 3.05) is 19.0 Å². The van der Waals surface area contributed by atoms with Crippen LogP contribution in [0.4, 0.5) is 6.01 Å². The second-order valence-electron chi connectivity index (χ2n) is 2.77. The number of methoxy groups -OCH3 is 1. The Morgan fingerprint density at radius 2 is 2.57 bits per heavy atom. The van der Waals surface area contributed by atoms with Gasteiger partial charge in [0.25, 0.3) is 6.01 Å². The predicted molar refractivity (Wildman–Crippen MR) is 48.4 cm³/mol. The quantitative estimate of drug-likeness (QED) is 0.731. The van der Waals surface area contributed by atoms with Crippen LogP contribution in [0.3, 0.4) is 0 Å². The third kappa shape index (κ3) is 2.74. The van der Waals surface area contributed by atoms with E-state index in [1.165, 1.54) is 0 Å². The average Bonchev–Trinajstić information content (AvgIpc) is 2.62. The molecular weight excluding hydrogens is 188 g/mol. The van der Waals surface area contributed by atoms with E-state index in [9.17, 15) is 4.79 Å². The Balaban J connectivity index is 2.48. The van der Waals surface area contributed by atoms with Gasteiger partial charge >= 0.3 is 5.97 Å². The highest BCUT2D eigenvalue weighted by Gasteiger charge is 2.10. The molecule has 14 heavy (non-hydrogen) atoms. The molecule has 6 heteroatoms. The molecule has 1 aromatic rings. The van der Waals surface area contributed by atoms with Crippen LogP contribution in [-0.4, -0.2) is 35.8 Å². The van der Waals surface area contributed by atoms with E-state index >= 15 is 0 Å².